The minimum absolute atomic E-state index is 0.163. The Balaban J connectivity index is 1.82. The number of fused-ring (bicyclic) bond motifs is 1. The Bertz CT molecular complexity index is 971. The van der Waals surface area contributed by atoms with Crippen LogP contribution in [0.15, 0.2) is 60.8 Å². The molecule has 0 aliphatic carbocycles. The molecular formula is C23H24N2O3. The van der Waals surface area contributed by atoms with Crippen LogP contribution in [0.5, 0.6) is 5.75 Å². The molecule has 4 rings (SSSR count). The number of hydrogen-bond donors (Lipinski definition) is 1. The molecule has 2 heterocycles. The quantitative estimate of drug-likeness (QED) is 0.720. The molecule has 5 heteroatoms. The van der Waals surface area contributed by atoms with Gasteiger partial charge in [-0.05, 0) is 54.8 Å². The third-order valence-electron chi connectivity index (χ3n) is 5.52. The van der Waals surface area contributed by atoms with Gasteiger partial charge >= 0.3 is 5.97 Å². The van der Waals surface area contributed by atoms with Crippen LogP contribution in [0.25, 0.3) is 10.9 Å². The molecule has 1 saturated heterocycles. The lowest BCUT2D eigenvalue weighted by molar-refractivity contribution is -0.145. The fourth-order valence-electron chi connectivity index (χ4n) is 4.13. The topological polar surface area (TPSA) is 62.7 Å². The van der Waals surface area contributed by atoms with Crippen molar-refractivity contribution in [3.05, 3.63) is 71.9 Å². The summed E-state index contributed by atoms with van der Waals surface area (Å²) >= 11 is 0. The second-order valence-corrected chi connectivity index (χ2v) is 7.22. The predicted molar refractivity (Wildman–Crippen MR) is 109 cm³/mol. The van der Waals surface area contributed by atoms with Crippen LogP contribution in [0.3, 0.4) is 0 Å². The second-order valence-electron chi connectivity index (χ2n) is 7.22. The van der Waals surface area contributed by atoms with E-state index in [0.717, 1.165) is 47.2 Å². The van der Waals surface area contributed by atoms with Crippen molar-refractivity contribution in [3.63, 3.8) is 0 Å². The fourth-order valence-corrected chi connectivity index (χ4v) is 4.13. The van der Waals surface area contributed by atoms with Crippen LogP contribution in [-0.4, -0.2) is 40.7 Å². The Morgan fingerprint density at radius 3 is 2.68 bits per heavy atom. The number of rotatable bonds is 5. The average Bonchev–Trinajstić information content (AvgIpc) is 2.74. The zero-order chi connectivity index (χ0) is 19.5. The first kappa shape index (κ1) is 18.4. The van der Waals surface area contributed by atoms with Crippen molar-refractivity contribution < 1.29 is 14.6 Å². The maximum atomic E-state index is 12.0. The number of pyridine rings is 1. The van der Waals surface area contributed by atoms with Crippen molar-refractivity contribution >= 4 is 16.9 Å². The number of hydrogen-bond acceptors (Lipinski definition) is 4. The van der Waals surface area contributed by atoms with Gasteiger partial charge < -0.3 is 9.84 Å². The summed E-state index contributed by atoms with van der Waals surface area (Å²) in [5, 5.41) is 10.9. The van der Waals surface area contributed by atoms with Crippen molar-refractivity contribution in [3.8, 4) is 5.75 Å². The minimum Gasteiger partial charge on any atom is -0.497 e. The molecule has 1 aromatic heterocycles. The van der Waals surface area contributed by atoms with Crippen LogP contribution in [0.2, 0.25) is 0 Å². The van der Waals surface area contributed by atoms with E-state index in [9.17, 15) is 9.90 Å². The van der Waals surface area contributed by atoms with E-state index in [0.29, 0.717) is 6.42 Å². The SMILES string of the molecule is COc1ccc(C(c2cnc3ccccc3c2)N2CCCCC2C(=O)O)cc1. The van der Waals surface area contributed by atoms with Crippen LogP contribution in [0.1, 0.15) is 36.4 Å². The van der Waals surface area contributed by atoms with Gasteiger partial charge in [-0.3, -0.25) is 14.7 Å². The number of likely N-dealkylation sites (tertiary alicyclic amines) is 1. The number of benzene rings is 2. The van der Waals surface area contributed by atoms with Gasteiger partial charge in [-0.15, -0.1) is 0 Å². The first-order valence-corrected chi connectivity index (χ1v) is 9.64. The van der Waals surface area contributed by atoms with Gasteiger partial charge in [0.2, 0.25) is 0 Å². The van der Waals surface area contributed by atoms with Gasteiger partial charge in [0.05, 0.1) is 18.7 Å². The summed E-state index contributed by atoms with van der Waals surface area (Å²) in [7, 11) is 1.64. The molecule has 0 amide bonds. The molecule has 3 aromatic rings. The number of para-hydroxylation sites is 1. The predicted octanol–water partition coefficient (Wildman–Crippen LogP) is 4.27. The molecule has 28 heavy (non-hydrogen) atoms. The number of aliphatic carboxylic acids is 1. The number of aromatic nitrogens is 1. The number of carboxylic acids is 1. The fraction of sp³-hybridized carbons (Fsp3) is 0.304. The number of methoxy groups -OCH3 is 1. The van der Waals surface area contributed by atoms with Crippen molar-refractivity contribution in [2.24, 2.45) is 0 Å². The highest BCUT2D eigenvalue weighted by Crippen LogP contribution is 2.35. The largest absolute Gasteiger partial charge is 0.497 e. The van der Waals surface area contributed by atoms with E-state index in [4.69, 9.17) is 4.74 Å². The van der Waals surface area contributed by atoms with Gasteiger partial charge in [0.25, 0.3) is 0 Å². The van der Waals surface area contributed by atoms with Gasteiger partial charge in [-0.25, -0.2) is 0 Å². The molecule has 2 aromatic carbocycles. The number of piperidine rings is 1. The van der Waals surface area contributed by atoms with Crippen LogP contribution < -0.4 is 4.74 Å². The highest BCUT2D eigenvalue weighted by molar-refractivity contribution is 5.79. The van der Waals surface area contributed by atoms with E-state index < -0.39 is 12.0 Å². The molecule has 0 bridgehead atoms. The maximum Gasteiger partial charge on any atom is 0.320 e. The van der Waals surface area contributed by atoms with E-state index in [1.165, 1.54) is 0 Å². The van der Waals surface area contributed by atoms with Crippen LogP contribution in [0, 0.1) is 0 Å². The van der Waals surface area contributed by atoms with Crippen LogP contribution in [0.4, 0.5) is 0 Å². The lowest BCUT2D eigenvalue weighted by atomic mass is 9.92. The Morgan fingerprint density at radius 1 is 1.14 bits per heavy atom. The summed E-state index contributed by atoms with van der Waals surface area (Å²) in [4.78, 5) is 18.7. The number of ether oxygens (including phenoxy) is 1. The molecule has 1 aliphatic rings. The van der Waals surface area contributed by atoms with Gasteiger partial charge in [-0.1, -0.05) is 36.8 Å². The Labute approximate surface area is 164 Å². The molecule has 1 aliphatic heterocycles. The summed E-state index contributed by atoms with van der Waals surface area (Å²) in [6, 6.07) is 17.4. The van der Waals surface area contributed by atoms with Gasteiger partial charge in [0.1, 0.15) is 11.8 Å². The third kappa shape index (κ3) is 3.58. The van der Waals surface area contributed by atoms with Gasteiger partial charge in [-0.2, -0.15) is 0 Å². The summed E-state index contributed by atoms with van der Waals surface area (Å²) in [5.41, 5.74) is 3.00. The highest BCUT2D eigenvalue weighted by atomic mass is 16.5. The Kier molecular flexibility index (Phi) is 5.26. The molecule has 0 spiro atoms. The van der Waals surface area contributed by atoms with E-state index in [1.54, 1.807) is 7.11 Å². The maximum absolute atomic E-state index is 12.0. The second kappa shape index (κ2) is 7.98. The monoisotopic (exact) mass is 376 g/mol. The van der Waals surface area contributed by atoms with Crippen molar-refractivity contribution in [2.75, 3.05) is 13.7 Å². The lowest BCUT2D eigenvalue weighted by Gasteiger charge is -2.39. The summed E-state index contributed by atoms with van der Waals surface area (Å²) in [6.45, 7) is 0.750. The molecule has 1 N–H and O–H groups in total. The molecule has 5 nitrogen and oxygen atoms in total. The van der Waals surface area contributed by atoms with E-state index in [1.807, 2.05) is 54.7 Å². The molecule has 2 unspecified atom stereocenters. The van der Waals surface area contributed by atoms with Gasteiger partial charge in [0, 0.05) is 11.6 Å². The standard InChI is InChI=1S/C23H24N2O3/c1-28-19-11-9-16(10-12-19)22(25-13-5-4-8-21(25)23(26)27)18-14-17-6-2-3-7-20(17)24-15-18/h2-3,6-7,9-12,14-15,21-22H,4-5,8,13H2,1H3,(H,26,27). The number of carboxylic acid groups (broad SMARTS) is 1. The molecule has 2 atom stereocenters. The number of carbonyl (C=O) groups is 1. The summed E-state index contributed by atoms with van der Waals surface area (Å²) in [5.74, 6) is 0.0273. The zero-order valence-corrected chi connectivity index (χ0v) is 15.9. The van der Waals surface area contributed by atoms with Crippen molar-refractivity contribution in [1.82, 2.24) is 9.88 Å². The molecule has 144 valence electrons. The molecular weight excluding hydrogens is 352 g/mol. The first-order chi connectivity index (χ1) is 13.7. The molecule has 0 saturated carbocycles. The van der Waals surface area contributed by atoms with E-state index in [2.05, 4.69) is 16.0 Å². The molecule has 0 radical (unpaired) electrons. The molecule has 1 fully saturated rings. The van der Waals surface area contributed by atoms with E-state index >= 15 is 0 Å². The Morgan fingerprint density at radius 2 is 1.93 bits per heavy atom. The van der Waals surface area contributed by atoms with E-state index in [-0.39, 0.29) is 6.04 Å². The van der Waals surface area contributed by atoms with Crippen molar-refractivity contribution in [1.29, 1.82) is 0 Å². The zero-order valence-electron chi connectivity index (χ0n) is 15.9. The normalized spacial score (nSPS) is 18.7. The average molecular weight is 376 g/mol. The smallest absolute Gasteiger partial charge is 0.320 e. The minimum atomic E-state index is -0.757. The summed E-state index contributed by atoms with van der Waals surface area (Å²) < 4.78 is 5.30. The summed E-state index contributed by atoms with van der Waals surface area (Å²) in [6.07, 6.45) is 4.49. The third-order valence-corrected chi connectivity index (χ3v) is 5.52. The van der Waals surface area contributed by atoms with Gasteiger partial charge in [0.15, 0.2) is 0 Å². The van der Waals surface area contributed by atoms with Crippen LogP contribution >= 0.6 is 0 Å². The van der Waals surface area contributed by atoms with Crippen LogP contribution in [-0.2, 0) is 4.79 Å². The Hall–Kier alpha value is -2.92. The lowest BCUT2D eigenvalue weighted by Crippen LogP contribution is -2.46. The first-order valence-electron chi connectivity index (χ1n) is 9.64. The van der Waals surface area contributed by atoms with Crippen molar-refractivity contribution in [2.45, 2.75) is 31.3 Å². The number of nitrogens with zero attached hydrogens (tertiary/aromatic N) is 2. The highest BCUT2D eigenvalue weighted by Gasteiger charge is 2.35.